The molecule has 2 unspecified atom stereocenters. The van der Waals surface area contributed by atoms with Crippen LogP contribution in [-0.2, 0) is 18.3 Å². The molecular formula is C59H46N2. The highest BCUT2D eigenvalue weighted by molar-refractivity contribution is 6.09. The highest BCUT2D eigenvalue weighted by atomic mass is 15.2. The summed E-state index contributed by atoms with van der Waals surface area (Å²) in [5.74, 6) is 0.698. The van der Waals surface area contributed by atoms with E-state index in [1.807, 2.05) is 0 Å². The van der Waals surface area contributed by atoms with E-state index in [9.17, 15) is 0 Å². The Morgan fingerprint density at radius 2 is 1.07 bits per heavy atom. The summed E-state index contributed by atoms with van der Waals surface area (Å²) in [5, 5.41) is 5.07. The summed E-state index contributed by atoms with van der Waals surface area (Å²) in [4.78, 5) is 4.92. The Balaban J connectivity index is 0.834. The van der Waals surface area contributed by atoms with Crippen molar-refractivity contribution in [3.63, 3.8) is 0 Å². The fourth-order valence-electron chi connectivity index (χ4n) is 10.8. The zero-order valence-electron chi connectivity index (χ0n) is 34.6. The van der Waals surface area contributed by atoms with Crippen molar-refractivity contribution in [1.29, 1.82) is 0 Å². The summed E-state index contributed by atoms with van der Waals surface area (Å²) < 4.78 is 0. The van der Waals surface area contributed by atoms with Crippen molar-refractivity contribution in [2.45, 2.75) is 38.0 Å². The molecule has 2 nitrogen and oxygen atoms in total. The van der Waals surface area contributed by atoms with Gasteiger partial charge in [0.1, 0.15) is 0 Å². The van der Waals surface area contributed by atoms with E-state index in [4.69, 9.17) is 0 Å². The van der Waals surface area contributed by atoms with Crippen molar-refractivity contribution in [2.75, 3.05) is 9.80 Å². The molecule has 2 aliphatic carbocycles. The number of nitrogens with zero attached hydrogens (tertiary/aromatic N) is 2. The lowest BCUT2D eigenvalue weighted by Crippen LogP contribution is -2.28. The van der Waals surface area contributed by atoms with Gasteiger partial charge in [0.15, 0.2) is 0 Å². The van der Waals surface area contributed by atoms with Crippen LogP contribution in [0.2, 0.25) is 0 Å². The second-order valence-corrected chi connectivity index (χ2v) is 17.7. The summed E-state index contributed by atoms with van der Waals surface area (Å²) in [7, 11) is 0. The van der Waals surface area contributed by atoms with Gasteiger partial charge in [-0.2, -0.15) is 0 Å². The Hall–Kier alpha value is -7.16. The molecule has 0 fully saturated rings. The molecule has 4 aliphatic rings. The zero-order valence-corrected chi connectivity index (χ0v) is 34.6. The van der Waals surface area contributed by atoms with Gasteiger partial charge in [0.2, 0.25) is 0 Å². The fourth-order valence-corrected chi connectivity index (χ4v) is 10.8. The maximum Gasteiger partial charge on any atom is 0.0534 e. The van der Waals surface area contributed by atoms with E-state index in [0.29, 0.717) is 11.8 Å². The second-order valence-electron chi connectivity index (χ2n) is 17.7. The first-order chi connectivity index (χ1) is 30.0. The van der Waals surface area contributed by atoms with Crippen molar-refractivity contribution >= 4 is 74.3 Å². The number of allylic oxidation sites excluding steroid dienone is 3. The molecule has 2 heteroatoms. The van der Waals surface area contributed by atoms with E-state index in [-0.39, 0.29) is 5.41 Å². The molecule has 2 heterocycles. The van der Waals surface area contributed by atoms with Crippen molar-refractivity contribution < 1.29 is 0 Å². The first-order valence-electron chi connectivity index (χ1n) is 21.8. The number of rotatable bonds is 4. The lowest BCUT2D eigenvalue weighted by Gasteiger charge is -2.35. The van der Waals surface area contributed by atoms with Crippen LogP contribution in [0.5, 0.6) is 0 Å². The molecule has 0 N–H and O–H groups in total. The topological polar surface area (TPSA) is 6.48 Å². The minimum absolute atomic E-state index is 0.0349. The molecular weight excluding hydrogens is 737 g/mol. The molecule has 8 aromatic carbocycles. The summed E-state index contributed by atoms with van der Waals surface area (Å²) >= 11 is 0. The standard InChI is InChI=1S/C59H46N2/c1-59(2)53-36-40(22-32-51(53)52-34-30-48(38-54(52)59)61-57-17-9-5-13-43(57)25-26-44-14-6-10-18-58(44)61)20-19-39-21-31-49-45(35-39)27-28-46-37-47(29-33-50(46)49)60-55-15-7-3-11-41(55)23-24-42-12-4-8-16-56(42)60/h3-22,25-38,52,54H,23-24H2,1-2H3/b20-19+. The predicted molar refractivity (Wildman–Crippen MR) is 259 cm³/mol. The third kappa shape index (κ3) is 5.85. The average Bonchev–Trinajstić information content (AvgIpc) is 3.43. The van der Waals surface area contributed by atoms with Gasteiger partial charge in [0.25, 0.3) is 0 Å². The Labute approximate surface area is 358 Å². The molecule has 61 heavy (non-hydrogen) atoms. The quantitative estimate of drug-likeness (QED) is 0.130. The van der Waals surface area contributed by atoms with Crippen LogP contribution in [0.15, 0.2) is 188 Å². The van der Waals surface area contributed by atoms with E-state index >= 15 is 0 Å². The van der Waals surface area contributed by atoms with Gasteiger partial charge in [-0.15, -0.1) is 0 Å². The first-order valence-corrected chi connectivity index (χ1v) is 21.8. The van der Waals surface area contributed by atoms with E-state index in [1.54, 1.807) is 0 Å². The maximum atomic E-state index is 2.55. The number of fused-ring (bicyclic) bond motifs is 10. The molecule has 12 rings (SSSR count). The Morgan fingerprint density at radius 1 is 0.508 bits per heavy atom. The molecule has 0 amide bonds. The second kappa shape index (κ2) is 14.0. The molecule has 8 aromatic rings. The van der Waals surface area contributed by atoms with Crippen LogP contribution in [-0.4, -0.2) is 0 Å². The van der Waals surface area contributed by atoms with Gasteiger partial charge in [-0.05, 0) is 139 Å². The highest BCUT2D eigenvalue weighted by Gasteiger charge is 2.45. The summed E-state index contributed by atoms with van der Waals surface area (Å²) in [6.07, 6.45) is 18.5. The highest BCUT2D eigenvalue weighted by Crippen LogP contribution is 2.55. The molecule has 0 saturated carbocycles. The number of hydrogen-bond donors (Lipinski definition) is 0. The first kappa shape index (κ1) is 35.8. The number of anilines is 5. The molecule has 2 aliphatic heterocycles. The van der Waals surface area contributed by atoms with Gasteiger partial charge < -0.3 is 9.80 Å². The van der Waals surface area contributed by atoms with E-state index < -0.39 is 0 Å². The molecule has 0 saturated heterocycles. The van der Waals surface area contributed by atoms with Gasteiger partial charge >= 0.3 is 0 Å². The van der Waals surface area contributed by atoms with Crippen molar-refractivity contribution in [1.82, 2.24) is 0 Å². The van der Waals surface area contributed by atoms with Gasteiger partial charge in [-0.3, -0.25) is 0 Å². The largest absolute Gasteiger partial charge is 0.310 e. The SMILES string of the molecule is CC1(C)c2cc(/C=C/c3ccc4c(ccc5cc(N6c7ccccc7CCc7ccccc76)ccc54)c3)ccc2C2C=CC(N3c4ccccc4C=Cc4ccccc43)=CC21. The number of aryl methyl sites for hydroxylation is 2. The fraction of sp³-hybridized carbons (Fsp3) is 0.119. The predicted octanol–water partition coefficient (Wildman–Crippen LogP) is 15.5. The summed E-state index contributed by atoms with van der Waals surface area (Å²) in [6.45, 7) is 4.87. The van der Waals surface area contributed by atoms with E-state index in [0.717, 1.165) is 12.8 Å². The van der Waals surface area contributed by atoms with Crippen LogP contribution >= 0.6 is 0 Å². The monoisotopic (exact) mass is 782 g/mol. The summed E-state index contributed by atoms with van der Waals surface area (Å²) in [5.41, 5.74) is 18.0. The molecule has 0 aromatic heterocycles. The van der Waals surface area contributed by atoms with Crippen molar-refractivity contribution in [3.8, 4) is 0 Å². The number of benzene rings is 8. The summed E-state index contributed by atoms with van der Waals surface area (Å²) in [6, 6.07) is 60.9. The molecule has 0 radical (unpaired) electrons. The van der Waals surface area contributed by atoms with Gasteiger partial charge in [-0.25, -0.2) is 0 Å². The lowest BCUT2D eigenvalue weighted by atomic mass is 9.74. The Bertz CT molecular complexity index is 3110. The van der Waals surface area contributed by atoms with Crippen LogP contribution < -0.4 is 9.80 Å². The maximum absolute atomic E-state index is 2.55. The van der Waals surface area contributed by atoms with Crippen LogP contribution in [0.1, 0.15) is 64.3 Å². The lowest BCUT2D eigenvalue weighted by molar-refractivity contribution is 0.392. The molecule has 2 atom stereocenters. The van der Waals surface area contributed by atoms with Crippen LogP contribution in [0.4, 0.5) is 28.4 Å². The Morgan fingerprint density at radius 3 is 1.74 bits per heavy atom. The van der Waals surface area contributed by atoms with E-state index in [2.05, 4.69) is 230 Å². The van der Waals surface area contributed by atoms with Crippen molar-refractivity contribution in [2.24, 2.45) is 5.92 Å². The number of para-hydroxylation sites is 4. The third-order valence-corrected chi connectivity index (χ3v) is 13.9. The van der Waals surface area contributed by atoms with Gasteiger partial charge in [-0.1, -0.05) is 172 Å². The van der Waals surface area contributed by atoms with Gasteiger partial charge in [0, 0.05) is 28.7 Å². The van der Waals surface area contributed by atoms with Crippen LogP contribution in [0.25, 0.3) is 45.8 Å². The number of hydrogen-bond acceptors (Lipinski definition) is 2. The smallest absolute Gasteiger partial charge is 0.0534 e. The van der Waals surface area contributed by atoms with E-state index in [1.165, 1.54) is 100 Å². The minimum atomic E-state index is -0.0349. The average molecular weight is 783 g/mol. The minimum Gasteiger partial charge on any atom is -0.310 e. The Kier molecular flexibility index (Phi) is 8.19. The molecule has 292 valence electrons. The normalized spacial score (nSPS) is 18.2. The third-order valence-electron chi connectivity index (χ3n) is 13.9. The molecule has 0 spiro atoms. The van der Waals surface area contributed by atoms with Gasteiger partial charge in [0.05, 0.1) is 11.4 Å². The van der Waals surface area contributed by atoms with Crippen LogP contribution in [0, 0.1) is 5.92 Å². The zero-order chi connectivity index (χ0) is 40.7. The van der Waals surface area contributed by atoms with Crippen molar-refractivity contribution in [3.05, 3.63) is 232 Å². The molecule has 0 bridgehead atoms. The van der Waals surface area contributed by atoms with Crippen LogP contribution in [0.3, 0.4) is 0 Å².